The van der Waals surface area contributed by atoms with E-state index in [1.807, 2.05) is 151 Å². The van der Waals surface area contributed by atoms with Gasteiger partial charge < -0.3 is 23.0 Å². The van der Waals surface area contributed by atoms with Crippen molar-refractivity contribution >= 4 is 46.4 Å². The number of unbranched alkanes of at least 4 members (excludes halogenated alkanes) is 1. The molecule has 13 heteroatoms. The van der Waals surface area contributed by atoms with Crippen LogP contribution in [0.1, 0.15) is 33.6 Å². The summed E-state index contributed by atoms with van der Waals surface area (Å²) >= 11 is 0. The normalized spacial score (nSPS) is 9.37. The number of benzene rings is 4. The molecule has 280 valence electrons. The number of rotatable bonds is 11. The van der Waals surface area contributed by atoms with Crippen LogP contribution in [0.4, 0.5) is 0 Å². The van der Waals surface area contributed by atoms with Crippen LogP contribution in [-0.2, 0) is 71.8 Å². The second-order valence-corrected chi connectivity index (χ2v) is 15.5. The van der Waals surface area contributed by atoms with E-state index in [9.17, 15) is 0 Å². The second kappa shape index (κ2) is 32.3. The van der Waals surface area contributed by atoms with Gasteiger partial charge in [-0.25, -0.2) is 0 Å². The first-order valence-electron chi connectivity index (χ1n) is 16.0. The Morgan fingerprint density at radius 1 is 0.574 bits per heavy atom. The average Bonchev–Trinajstić information content (AvgIpc) is 3.61. The quantitative estimate of drug-likeness (QED) is 0.0790. The van der Waals surface area contributed by atoms with Gasteiger partial charge in [-0.1, -0.05) is 135 Å². The minimum atomic E-state index is -3.47. The molecule has 1 aromatic heterocycles. The Morgan fingerprint density at radius 2 is 0.870 bits per heavy atom. The van der Waals surface area contributed by atoms with Gasteiger partial charge in [-0.05, 0) is 20.3 Å². The molecule has 5 aromatic rings. The second-order valence-electron chi connectivity index (χ2n) is 10.2. The van der Waals surface area contributed by atoms with Gasteiger partial charge in [-0.2, -0.15) is 0 Å². The van der Waals surface area contributed by atoms with Crippen LogP contribution >= 0.6 is 14.3 Å². The summed E-state index contributed by atoms with van der Waals surface area (Å²) in [6.07, 6.45) is 5.29. The number of hydrogen-bond donors (Lipinski definition) is 0. The third kappa shape index (κ3) is 14.3. The maximum Gasteiger partial charge on any atom is 0 e. The minimum Gasteiger partial charge on any atom is 0 e. The number of aryl methyl sites for hydroxylation is 2. The van der Waals surface area contributed by atoms with Crippen molar-refractivity contribution in [3.63, 3.8) is 0 Å². The van der Waals surface area contributed by atoms with E-state index in [2.05, 4.69) is 46.5 Å². The number of hydrogen-bond acceptors (Lipinski definition) is 3. The Balaban J connectivity index is -0.00000143. The van der Waals surface area contributed by atoms with Crippen LogP contribution in [0.5, 0.6) is 0 Å². The third-order valence-corrected chi connectivity index (χ3v) is 13.7. The summed E-state index contributed by atoms with van der Waals surface area (Å²) in [5.41, 5.74) is 1.14. The van der Waals surface area contributed by atoms with Crippen LogP contribution in [0, 0.1) is 39.6 Å². The molecule has 0 aliphatic heterocycles. The van der Waals surface area contributed by atoms with Crippen molar-refractivity contribution in [2.24, 2.45) is 7.05 Å². The van der Waals surface area contributed by atoms with Gasteiger partial charge in [0.25, 0.3) is 0 Å². The molecular weight excluding hydrogens is 894 g/mol. The van der Waals surface area contributed by atoms with E-state index in [4.69, 9.17) is 28.0 Å². The van der Waals surface area contributed by atoms with E-state index in [1.165, 1.54) is 0 Å². The van der Waals surface area contributed by atoms with E-state index in [0.717, 1.165) is 26.1 Å². The summed E-state index contributed by atoms with van der Waals surface area (Å²) in [5.74, 6) is 0. The van der Waals surface area contributed by atoms with Crippen molar-refractivity contribution in [3.05, 3.63) is 161 Å². The van der Waals surface area contributed by atoms with Gasteiger partial charge >= 0.3 is 56.5 Å². The Morgan fingerprint density at radius 3 is 1.13 bits per heavy atom. The van der Waals surface area contributed by atoms with Crippen LogP contribution in [0.15, 0.2) is 121 Å². The molecule has 0 unspecified atom stereocenters. The van der Waals surface area contributed by atoms with Crippen molar-refractivity contribution in [2.75, 3.05) is 13.2 Å². The van der Waals surface area contributed by atoms with E-state index >= 15 is 9.13 Å². The maximum absolute atomic E-state index is 15.8. The van der Waals surface area contributed by atoms with Crippen LogP contribution in [0.25, 0.3) is 0 Å². The van der Waals surface area contributed by atoms with Crippen LogP contribution < -0.4 is 36.7 Å². The Kier molecular flexibility index (Phi) is 32.5. The van der Waals surface area contributed by atoms with Crippen molar-refractivity contribution < 1.29 is 62.8 Å². The summed E-state index contributed by atoms with van der Waals surface area (Å²) in [7, 11) is -5.06. The summed E-state index contributed by atoms with van der Waals surface area (Å²) in [5, 5.41) is 2.84. The number of imidazole rings is 1. The molecule has 0 saturated heterocycles. The zero-order chi connectivity index (χ0) is 40.7. The molecule has 1 heterocycles. The van der Waals surface area contributed by atoms with E-state index < -0.39 is 14.3 Å². The van der Waals surface area contributed by atoms with Gasteiger partial charge in [0.2, 0.25) is 6.33 Å². The summed E-state index contributed by atoms with van der Waals surface area (Å²) in [6, 6.07) is 38.4. The standard InChI is InChI=1S/C32H32N2O2P2.C4H10O.5CO.W/c1-3-4-25-34-26-33(2)31(37(35,27-17-9-5-10-18-27)28-19-11-6-12-20-28)32(34)38(36,29-21-13-7-14-22-29)30-23-15-8-16-24-30;1-3-5-4-2;5*1-2;/h5-24H,3-4,25H2,1-2H3;3-4H2,1-2H3;;;;;;. The Labute approximate surface area is 333 Å². The first-order valence-corrected chi connectivity index (χ1v) is 19.4. The molecule has 0 amide bonds. The van der Waals surface area contributed by atoms with Crippen LogP contribution in [0.3, 0.4) is 0 Å². The van der Waals surface area contributed by atoms with Crippen molar-refractivity contribution in [3.8, 4) is 0 Å². The van der Waals surface area contributed by atoms with E-state index in [1.54, 1.807) is 0 Å². The molecular formula is C41H42N2O8P2W. The third-order valence-electron chi connectivity index (χ3n) is 7.26. The monoisotopic (exact) mass is 936 g/mol. The van der Waals surface area contributed by atoms with Crippen LogP contribution in [0.2, 0.25) is 0 Å². The summed E-state index contributed by atoms with van der Waals surface area (Å²) in [4.78, 5) is 0. The van der Waals surface area contributed by atoms with Gasteiger partial charge in [0.15, 0.2) is 14.3 Å². The molecule has 0 aliphatic rings. The fourth-order valence-electron chi connectivity index (χ4n) is 5.22. The molecule has 0 atom stereocenters. The Bertz CT molecular complexity index is 1790. The van der Waals surface area contributed by atoms with Gasteiger partial charge in [-0.3, -0.25) is 0 Å². The molecule has 4 aromatic carbocycles. The summed E-state index contributed by atoms with van der Waals surface area (Å²) < 4.78 is 77.6. The molecule has 10 nitrogen and oxygen atoms in total. The predicted molar refractivity (Wildman–Crippen MR) is 200 cm³/mol. The number of ether oxygens (including phenoxy) is 1. The molecule has 0 saturated carbocycles. The van der Waals surface area contributed by atoms with Crippen LogP contribution in [-0.4, -0.2) is 17.8 Å². The summed E-state index contributed by atoms with van der Waals surface area (Å²) in [6.45, 7) is 30.9. The molecule has 0 N–H and O–H groups in total. The zero-order valence-electron chi connectivity index (χ0n) is 30.5. The minimum absolute atomic E-state index is 0. The Hall–Kier alpha value is -4.10. The molecule has 0 fully saturated rings. The molecule has 0 radical (unpaired) electrons. The largest absolute Gasteiger partial charge is 0 e. The molecule has 0 aliphatic carbocycles. The van der Waals surface area contributed by atoms with Gasteiger partial charge in [-0.15, -0.1) is 0 Å². The van der Waals surface area contributed by atoms with E-state index in [-0.39, 0.29) is 21.1 Å². The topological polar surface area (TPSA) is 152 Å². The number of nitrogens with zero attached hydrogens (tertiary/aromatic N) is 2. The van der Waals surface area contributed by atoms with E-state index in [0.29, 0.717) is 38.6 Å². The molecule has 0 bridgehead atoms. The molecule has 5 rings (SSSR count). The molecule has 0 spiro atoms. The predicted octanol–water partition coefficient (Wildman–Crippen LogP) is 5.04. The first-order chi connectivity index (χ1) is 25.9. The fraction of sp³-hybridized carbons (Fsp3) is 0.220. The van der Waals surface area contributed by atoms with Crippen molar-refractivity contribution in [1.82, 2.24) is 4.57 Å². The van der Waals surface area contributed by atoms with Crippen molar-refractivity contribution in [2.45, 2.75) is 40.2 Å². The number of aromatic nitrogens is 2. The maximum atomic E-state index is 15.8. The smallest absolute Gasteiger partial charge is 0 e. The van der Waals surface area contributed by atoms with Gasteiger partial charge in [0, 0.05) is 55.5 Å². The zero-order valence-corrected chi connectivity index (χ0v) is 35.3. The van der Waals surface area contributed by atoms with Crippen molar-refractivity contribution in [1.29, 1.82) is 0 Å². The van der Waals surface area contributed by atoms with Gasteiger partial charge in [0.05, 0.1) is 24.5 Å². The first kappa shape index (κ1) is 54.2. The average molecular weight is 937 g/mol. The molecule has 54 heavy (non-hydrogen) atoms. The fourth-order valence-corrected chi connectivity index (χ4v) is 11.8. The SMILES string of the molecule is CCCCn1[c-][n+](C)c(P(=O)(c2ccccc2)c2ccccc2)c1P(=O)(c1ccccc1)c1ccccc1.CCOCC.[C-]#[O+].[C-]#[O+].[C-]#[O+].[C-]#[O+].[C-]#[O+].[W]. The van der Waals surface area contributed by atoms with Gasteiger partial charge in [0.1, 0.15) is 0 Å².